The Balaban J connectivity index is 1.81. The van der Waals surface area contributed by atoms with Crippen LogP contribution in [0, 0.1) is 0 Å². The molecule has 0 atom stereocenters. The average molecular weight is 407 g/mol. The van der Waals surface area contributed by atoms with E-state index in [-0.39, 0.29) is 11.2 Å². The summed E-state index contributed by atoms with van der Waals surface area (Å²) in [6.45, 7) is 0. The summed E-state index contributed by atoms with van der Waals surface area (Å²) in [4.78, 5) is 12.5. The van der Waals surface area contributed by atoms with Crippen molar-refractivity contribution in [1.82, 2.24) is 0 Å². The molecule has 0 amide bonds. The van der Waals surface area contributed by atoms with E-state index in [4.69, 9.17) is 13.9 Å². The molecule has 134 valence electrons. The van der Waals surface area contributed by atoms with Gasteiger partial charge >= 0.3 is 0 Å². The molecular weight excluding hydrogens is 384 g/mol. The fourth-order valence-electron chi connectivity index (χ4n) is 3.84. The molecule has 0 unspecified atom stereocenters. The summed E-state index contributed by atoms with van der Waals surface area (Å²) >= 11 is 3.25. The van der Waals surface area contributed by atoms with E-state index in [9.17, 15) is 4.79 Å². The number of rotatable bonds is 7. The van der Waals surface area contributed by atoms with E-state index in [1.807, 2.05) is 6.07 Å². The molecule has 0 saturated heterocycles. The third-order valence-electron chi connectivity index (χ3n) is 5.24. The maximum absolute atomic E-state index is 12.5. The minimum absolute atomic E-state index is 0.0268. The van der Waals surface area contributed by atoms with Gasteiger partial charge in [0.05, 0.1) is 14.2 Å². The largest absolute Gasteiger partial charge is 0.493 e. The predicted octanol–water partition coefficient (Wildman–Crippen LogP) is 5.53. The van der Waals surface area contributed by atoms with Gasteiger partial charge in [0.2, 0.25) is 0 Å². The Morgan fingerprint density at radius 2 is 1.84 bits per heavy atom. The van der Waals surface area contributed by atoms with Gasteiger partial charge in [0.15, 0.2) is 27.7 Å². The number of Topliss-reactive ketones (excluding diaryl/α,β-unsaturated/α-hetero) is 1. The number of carbonyl (C=O) groups is 1. The fraction of sp³-hybridized carbons (Fsp3) is 0.450. The lowest BCUT2D eigenvalue weighted by Gasteiger charge is -2.30. The van der Waals surface area contributed by atoms with Crippen LogP contribution in [0.25, 0.3) is 0 Å². The molecule has 1 aliphatic carbocycles. The van der Waals surface area contributed by atoms with Crippen molar-refractivity contribution in [3.05, 3.63) is 46.3 Å². The standard InChI is InChI=1S/C20H23BrO4/c1-23-17-6-5-14(13-18(17)24-2)20(10-3-4-11-20)12-9-15(22)16-7-8-19(21)25-16/h5-8,13H,3-4,9-12H2,1-2H3. The average Bonchev–Trinajstić information content (AvgIpc) is 3.29. The zero-order chi connectivity index (χ0) is 17.9. The van der Waals surface area contributed by atoms with Crippen molar-refractivity contribution in [3.63, 3.8) is 0 Å². The molecule has 4 nitrogen and oxygen atoms in total. The summed E-state index contributed by atoms with van der Waals surface area (Å²) in [5.41, 5.74) is 1.26. The highest BCUT2D eigenvalue weighted by molar-refractivity contribution is 9.10. The van der Waals surface area contributed by atoms with Crippen molar-refractivity contribution in [1.29, 1.82) is 0 Å². The van der Waals surface area contributed by atoms with Crippen LogP contribution >= 0.6 is 15.9 Å². The number of benzene rings is 1. The summed E-state index contributed by atoms with van der Waals surface area (Å²) in [5, 5.41) is 0. The van der Waals surface area contributed by atoms with Crippen LogP contribution < -0.4 is 9.47 Å². The van der Waals surface area contributed by atoms with Crippen molar-refractivity contribution >= 4 is 21.7 Å². The predicted molar refractivity (Wildman–Crippen MR) is 99.7 cm³/mol. The molecule has 2 aromatic rings. The Morgan fingerprint density at radius 1 is 1.12 bits per heavy atom. The van der Waals surface area contributed by atoms with E-state index in [0.717, 1.165) is 30.8 Å². The van der Waals surface area contributed by atoms with Gasteiger partial charge < -0.3 is 13.9 Å². The zero-order valence-corrected chi connectivity index (χ0v) is 16.2. The third-order valence-corrected chi connectivity index (χ3v) is 5.66. The van der Waals surface area contributed by atoms with Crippen molar-refractivity contribution in [2.24, 2.45) is 0 Å². The molecule has 0 aliphatic heterocycles. The van der Waals surface area contributed by atoms with Crippen LogP contribution in [0.3, 0.4) is 0 Å². The number of ether oxygens (including phenoxy) is 2. The van der Waals surface area contributed by atoms with Crippen molar-refractivity contribution < 1.29 is 18.7 Å². The number of hydrogen-bond donors (Lipinski definition) is 0. The molecule has 1 aromatic heterocycles. The van der Waals surface area contributed by atoms with Gasteiger partial charge in [-0.3, -0.25) is 4.79 Å². The van der Waals surface area contributed by atoms with Gasteiger partial charge in [-0.2, -0.15) is 0 Å². The first-order valence-electron chi connectivity index (χ1n) is 8.59. The second-order valence-electron chi connectivity index (χ2n) is 6.58. The van der Waals surface area contributed by atoms with Gasteiger partial charge in [-0.05, 0) is 70.4 Å². The van der Waals surface area contributed by atoms with E-state index in [0.29, 0.717) is 16.9 Å². The van der Waals surface area contributed by atoms with Crippen LogP contribution in [0.1, 0.15) is 54.6 Å². The minimum atomic E-state index is 0.0268. The van der Waals surface area contributed by atoms with Gasteiger partial charge in [0.1, 0.15) is 0 Å². The van der Waals surface area contributed by atoms with Crippen LogP contribution in [-0.4, -0.2) is 20.0 Å². The monoisotopic (exact) mass is 406 g/mol. The number of ketones is 1. The third kappa shape index (κ3) is 3.76. The summed E-state index contributed by atoms with van der Waals surface area (Å²) in [7, 11) is 3.30. The first kappa shape index (κ1) is 18.1. The van der Waals surface area contributed by atoms with E-state index in [1.165, 1.54) is 18.4 Å². The molecule has 0 spiro atoms. The van der Waals surface area contributed by atoms with Gasteiger partial charge in [0.25, 0.3) is 0 Å². The lowest BCUT2D eigenvalue weighted by molar-refractivity contribution is 0.0941. The quantitative estimate of drug-likeness (QED) is 0.566. The van der Waals surface area contributed by atoms with Crippen molar-refractivity contribution in [2.75, 3.05) is 14.2 Å². The van der Waals surface area contributed by atoms with Crippen LogP contribution in [0.4, 0.5) is 0 Å². The number of furan rings is 1. The smallest absolute Gasteiger partial charge is 0.198 e. The first-order chi connectivity index (χ1) is 12.1. The summed E-state index contributed by atoms with van der Waals surface area (Å²) in [6.07, 6.45) is 5.87. The van der Waals surface area contributed by atoms with E-state index < -0.39 is 0 Å². The fourth-order valence-corrected chi connectivity index (χ4v) is 4.15. The molecular formula is C20H23BrO4. The molecule has 3 rings (SSSR count). The molecule has 1 saturated carbocycles. The zero-order valence-electron chi connectivity index (χ0n) is 14.6. The Labute approximate surface area is 156 Å². The molecule has 0 radical (unpaired) electrons. The Bertz CT molecular complexity index is 744. The highest BCUT2D eigenvalue weighted by Gasteiger charge is 2.36. The highest BCUT2D eigenvalue weighted by atomic mass is 79.9. The van der Waals surface area contributed by atoms with Crippen molar-refractivity contribution in [2.45, 2.75) is 43.9 Å². The SMILES string of the molecule is COc1ccc(C2(CCC(=O)c3ccc(Br)o3)CCCC2)cc1OC. The van der Waals surface area contributed by atoms with E-state index in [1.54, 1.807) is 26.4 Å². The summed E-state index contributed by atoms with van der Waals surface area (Å²) < 4.78 is 16.8. The Hall–Kier alpha value is -1.75. The van der Waals surface area contributed by atoms with Gasteiger partial charge in [0, 0.05) is 6.42 Å². The molecule has 0 N–H and O–H groups in total. The topological polar surface area (TPSA) is 48.7 Å². The lowest BCUT2D eigenvalue weighted by atomic mass is 9.74. The number of methoxy groups -OCH3 is 2. The van der Waals surface area contributed by atoms with E-state index in [2.05, 4.69) is 28.1 Å². The van der Waals surface area contributed by atoms with Gasteiger partial charge in [-0.25, -0.2) is 0 Å². The molecule has 5 heteroatoms. The molecule has 1 aromatic carbocycles. The van der Waals surface area contributed by atoms with Crippen molar-refractivity contribution in [3.8, 4) is 11.5 Å². The van der Waals surface area contributed by atoms with Crippen LogP contribution in [-0.2, 0) is 5.41 Å². The van der Waals surface area contributed by atoms with Crippen LogP contribution in [0.5, 0.6) is 11.5 Å². The van der Waals surface area contributed by atoms with Crippen LogP contribution in [0.15, 0.2) is 39.4 Å². The second kappa shape index (κ2) is 7.65. The molecule has 1 aliphatic rings. The van der Waals surface area contributed by atoms with Gasteiger partial charge in [-0.15, -0.1) is 0 Å². The Morgan fingerprint density at radius 3 is 2.44 bits per heavy atom. The molecule has 1 fully saturated rings. The summed E-state index contributed by atoms with van der Waals surface area (Å²) in [5.74, 6) is 1.95. The lowest BCUT2D eigenvalue weighted by Crippen LogP contribution is -2.23. The second-order valence-corrected chi connectivity index (χ2v) is 7.37. The highest BCUT2D eigenvalue weighted by Crippen LogP contribution is 2.46. The number of carbonyl (C=O) groups excluding carboxylic acids is 1. The minimum Gasteiger partial charge on any atom is -0.493 e. The summed E-state index contributed by atoms with van der Waals surface area (Å²) in [6, 6.07) is 9.62. The molecule has 1 heterocycles. The number of halogens is 1. The normalized spacial score (nSPS) is 16.0. The maximum atomic E-state index is 12.5. The molecule has 0 bridgehead atoms. The Kier molecular flexibility index (Phi) is 5.52. The van der Waals surface area contributed by atoms with Gasteiger partial charge in [-0.1, -0.05) is 18.9 Å². The maximum Gasteiger partial charge on any atom is 0.198 e. The molecule has 25 heavy (non-hydrogen) atoms. The number of hydrogen-bond acceptors (Lipinski definition) is 4. The van der Waals surface area contributed by atoms with Crippen LogP contribution in [0.2, 0.25) is 0 Å². The first-order valence-corrected chi connectivity index (χ1v) is 9.38. The van der Waals surface area contributed by atoms with E-state index >= 15 is 0 Å².